The molecule has 1 aromatic heterocycles. The van der Waals surface area contributed by atoms with Crippen molar-refractivity contribution in [2.45, 2.75) is 0 Å². The lowest BCUT2D eigenvalue weighted by atomic mass is 10.1. The Labute approximate surface area is 149 Å². The number of benzene rings is 1. The van der Waals surface area contributed by atoms with Crippen molar-refractivity contribution in [3.63, 3.8) is 0 Å². The van der Waals surface area contributed by atoms with Crippen LogP contribution in [0.2, 0.25) is 0 Å². The largest absolute Gasteiger partial charge is 0.461 e. The predicted molar refractivity (Wildman–Crippen MR) is 98.1 cm³/mol. The lowest BCUT2D eigenvalue weighted by Crippen LogP contribution is -2.50. The Morgan fingerprint density at radius 3 is 2.81 bits per heavy atom. The van der Waals surface area contributed by atoms with E-state index in [1.54, 1.807) is 57.0 Å². The molecule has 4 rings (SSSR count). The second kappa shape index (κ2) is 5.87. The maximum Gasteiger partial charge on any atom is 0.300 e. The summed E-state index contributed by atoms with van der Waals surface area (Å²) < 4.78 is 4.99. The first-order valence-electron chi connectivity index (χ1n) is 7.96. The molecule has 2 N–H and O–H groups in total. The van der Waals surface area contributed by atoms with Gasteiger partial charge in [0.05, 0.1) is 6.26 Å². The van der Waals surface area contributed by atoms with Crippen molar-refractivity contribution in [3.05, 3.63) is 65.7 Å². The molecule has 0 radical (unpaired) electrons. The number of hydrogen-bond acceptors (Lipinski definition) is 6. The van der Waals surface area contributed by atoms with E-state index in [0.29, 0.717) is 28.7 Å². The normalized spacial score (nSPS) is 21.0. The third kappa shape index (κ3) is 2.67. The van der Waals surface area contributed by atoms with Crippen molar-refractivity contribution in [3.8, 4) is 0 Å². The minimum atomic E-state index is -0.347. The summed E-state index contributed by atoms with van der Waals surface area (Å²) in [6, 6.07) is 10.8. The molecular weight excluding hydrogens is 332 g/mol. The van der Waals surface area contributed by atoms with E-state index in [-0.39, 0.29) is 10.6 Å². The molecule has 1 amide bonds. The summed E-state index contributed by atoms with van der Waals surface area (Å²) in [4.78, 5) is 22.5. The summed E-state index contributed by atoms with van der Waals surface area (Å²) in [5, 5.41) is 4.44. The van der Waals surface area contributed by atoms with Gasteiger partial charge in [-0.25, -0.2) is 4.99 Å². The van der Waals surface area contributed by atoms with Crippen LogP contribution >= 0.6 is 0 Å². The van der Waals surface area contributed by atoms with Gasteiger partial charge in [-0.15, -0.1) is 5.84 Å². The molecule has 0 fully saturated rings. The molecule has 0 bridgehead atoms. The van der Waals surface area contributed by atoms with Gasteiger partial charge in [0.2, 0.25) is 0 Å². The van der Waals surface area contributed by atoms with Gasteiger partial charge in [0.25, 0.3) is 17.6 Å². The Morgan fingerprint density at radius 2 is 2.08 bits per heavy atom. The summed E-state index contributed by atoms with van der Waals surface area (Å²) in [5.41, 5.74) is 1.97. The number of rotatable bonds is 3. The Bertz CT molecular complexity index is 1000. The highest BCUT2D eigenvalue weighted by Crippen LogP contribution is 2.27. The van der Waals surface area contributed by atoms with Gasteiger partial charge < -0.3 is 9.32 Å². The van der Waals surface area contributed by atoms with Crippen LogP contribution in [0.1, 0.15) is 21.7 Å². The first kappa shape index (κ1) is 16.1. The number of furan rings is 1. The van der Waals surface area contributed by atoms with E-state index in [4.69, 9.17) is 10.3 Å². The zero-order valence-corrected chi connectivity index (χ0v) is 14.3. The molecule has 130 valence electrons. The fourth-order valence-electron chi connectivity index (χ4n) is 2.71. The number of nitrogens with zero attached hydrogens (tertiary/aromatic N) is 5. The number of carbonyl (C=O) groups is 1. The molecule has 2 aromatic rings. The van der Waals surface area contributed by atoms with Crippen LogP contribution in [0.25, 0.3) is 5.70 Å². The van der Waals surface area contributed by atoms with Crippen LogP contribution in [0, 0.1) is 0 Å². The van der Waals surface area contributed by atoms with Crippen molar-refractivity contribution in [2.24, 2.45) is 20.9 Å². The van der Waals surface area contributed by atoms with E-state index < -0.39 is 0 Å². The summed E-state index contributed by atoms with van der Waals surface area (Å²) in [7, 11) is 3.43. The van der Waals surface area contributed by atoms with Crippen molar-refractivity contribution in [1.29, 1.82) is 0 Å². The van der Waals surface area contributed by atoms with E-state index >= 15 is 0 Å². The van der Waals surface area contributed by atoms with Gasteiger partial charge in [0.1, 0.15) is 11.9 Å². The molecule has 2 aliphatic rings. The Kier molecular flexibility index (Phi) is 3.64. The quantitative estimate of drug-likeness (QED) is 0.676. The fraction of sp³-hybridized carbons (Fsp3) is 0.111. The number of amides is 1. The molecule has 1 atom stereocenters. The number of hydrogen-bond donors (Lipinski definition) is 1. The van der Waals surface area contributed by atoms with E-state index in [2.05, 4.69) is 15.1 Å². The monoisotopic (exact) mass is 349 g/mol. The van der Waals surface area contributed by atoms with Gasteiger partial charge in [0, 0.05) is 25.2 Å². The molecule has 0 spiro atoms. The first-order valence-corrected chi connectivity index (χ1v) is 7.96. The third-order valence-corrected chi connectivity index (χ3v) is 4.04. The maximum absolute atomic E-state index is 12.2. The minimum absolute atomic E-state index is 0.0783. The van der Waals surface area contributed by atoms with Gasteiger partial charge in [-0.3, -0.25) is 4.79 Å². The second-order valence-electron chi connectivity index (χ2n) is 6.16. The number of amidine groups is 2. The molecule has 0 aliphatic carbocycles. The van der Waals surface area contributed by atoms with Crippen LogP contribution in [-0.2, 0) is 0 Å². The Balaban J connectivity index is 1.71. The van der Waals surface area contributed by atoms with Crippen LogP contribution in [0.5, 0.6) is 0 Å². The number of aliphatic imine (C=N–C) groups is 2. The average molecular weight is 349 g/mol. The molecule has 0 saturated heterocycles. The Hall–Kier alpha value is -3.36. The summed E-state index contributed by atoms with van der Waals surface area (Å²) in [6.07, 6.45) is 4.82. The van der Waals surface area contributed by atoms with E-state index in [1.165, 1.54) is 4.90 Å². The number of nitrogens with two attached hydrogens (primary N) is 1. The SMILES string of the molecule is CN(C)C(=O)c1cccc(C2=C[N+]3(N)N=C(c4ccco4)N=C3C=N2)c1. The highest BCUT2D eigenvalue weighted by atomic mass is 16.3. The van der Waals surface area contributed by atoms with E-state index in [0.717, 1.165) is 5.56 Å². The molecule has 1 aromatic carbocycles. The molecule has 3 heterocycles. The smallest absolute Gasteiger partial charge is 0.300 e. The van der Waals surface area contributed by atoms with Crippen LogP contribution in [0.3, 0.4) is 0 Å². The number of quaternary nitrogens is 1. The third-order valence-electron chi connectivity index (χ3n) is 4.04. The van der Waals surface area contributed by atoms with Crippen LogP contribution in [0.15, 0.2) is 68.4 Å². The molecular formula is C18H17N6O2+. The highest BCUT2D eigenvalue weighted by molar-refractivity contribution is 6.32. The maximum atomic E-state index is 12.2. The van der Waals surface area contributed by atoms with Gasteiger partial charge >= 0.3 is 0 Å². The van der Waals surface area contributed by atoms with Gasteiger partial charge in [-0.2, -0.15) is 4.99 Å². The van der Waals surface area contributed by atoms with Crippen LogP contribution < -0.4 is 5.84 Å². The molecule has 0 saturated carbocycles. The standard InChI is InChI=1S/C18H17N6O2/c1-23(2)18(25)13-6-3-5-12(9-13)14-11-24(19)16(10-20-14)21-17(22-24)15-7-4-8-26-15/h3-11H,19H2,1-2H3/q+1. The average Bonchev–Trinajstić information content (AvgIpc) is 3.27. The minimum Gasteiger partial charge on any atom is -0.461 e. The van der Waals surface area contributed by atoms with Gasteiger partial charge in [-0.05, 0) is 34.1 Å². The molecule has 2 aliphatic heterocycles. The predicted octanol–water partition coefficient (Wildman–Crippen LogP) is 1.83. The van der Waals surface area contributed by atoms with E-state index in [9.17, 15) is 4.79 Å². The molecule has 8 heteroatoms. The second-order valence-corrected chi connectivity index (χ2v) is 6.16. The van der Waals surface area contributed by atoms with Crippen molar-refractivity contribution >= 4 is 29.5 Å². The topological polar surface area (TPSA) is 96.5 Å². The van der Waals surface area contributed by atoms with Gasteiger partial charge in [-0.1, -0.05) is 12.1 Å². The van der Waals surface area contributed by atoms with Crippen molar-refractivity contribution in [1.82, 2.24) is 4.90 Å². The van der Waals surface area contributed by atoms with Crippen LogP contribution in [0.4, 0.5) is 0 Å². The lowest BCUT2D eigenvalue weighted by molar-refractivity contribution is -0.802. The summed E-state index contributed by atoms with van der Waals surface area (Å²) in [5.74, 6) is 7.73. The number of fused-ring (bicyclic) bond motifs is 1. The molecule has 8 nitrogen and oxygen atoms in total. The fourth-order valence-corrected chi connectivity index (χ4v) is 2.71. The lowest BCUT2D eigenvalue weighted by Gasteiger charge is -2.20. The highest BCUT2D eigenvalue weighted by Gasteiger charge is 2.40. The zero-order chi connectivity index (χ0) is 18.3. The first-order chi connectivity index (χ1) is 12.5. The van der Waals surface area contributed by atoms with Crippen LogP contribution in [-0.4, -0.2) is 47.5 Å². The summed E-state index contributed by atoms with van der Waals surface area (Å²) in [6.45, 7) is 0. The van der Waals surface area contributed by atoms with Crippen molar-refractivity contribution < 1.29 is 13.9 Å². The molecule has 1 unspecified atom stereocenters. The van der Waals surface area contributed by atoms with Gasteiger partial charge in [0.15, 0.2) is 12.0 Å². The Morgan fingerprint density at radius 1 is 1.23 bits per heavy atom. The summed E-state index contributed by atoms with van der Waals surface area (Å²) >= 11 is 0. The number of carbonyl (C=O) groups excluding carboxylic acids is 1. The van der Waals surface area contributed by atoms with E-state index in [1.807, 2.05) is 12.1 Å². The molecule has 26 heavy (non-hydrogen) atoms. The van der Waals surface area contributed by atoms with Crippen molar-refractivity contribution in [2.75, 3.05) is 14.1 Å². The zero-order valence-electron chi connectivity index (χ0n) is 14.3.